The number of aliphatic hydroxyl groups is 1. The van der Waals surface area contributed by atoms with Gasteiger partial charge in [0.15, 0.2) is 0 Å². The molecule has 1 aliphatic heterocycles. The standard InChI is InChI=1S/C12H16O2/c1-9-2-4-10(5-3-9)12-8-11(13)6-7-14-12/h2-5,11-13H,6-8H2,1H3. The summed E-state index contributed by atoms with van der Waals surface area (Å²) in [7, 11) is 0. The van der Waals surface area contributed by atoms with Crippen LogP contribution in [0.4, 0.5) is 0 Å². The van der Waals surface area contributed by atoms with E-state index in [-0.39, 0.29) is 12.2 Å². The van der Waals surface area contributed by atoms with E-state index in [2.05, 4.69) is 31.2 Å². The van der Waals surface area contributed by atoms with Gasteiger partial charge in [-0.15, -0.1) is 0 Å². The summed E-state index contributed by atoms with van der Waals surface area (Å²) in [4.78, 5) is 0. The minimum Gasteiger partial charge on any atom is -0.393 e. The number of aryl methyl sites for hydroxylation is 1. The summed E-state index contributed by atoms with van der Waals surface area (Å²) in [6, 6.07) is 8.33. The summed E-state index contributed by atoms with van der Waals surface area (Å²) in [6.45, 7) is 2.74. The molecule has 0 aromatic heterocycles. The molecule has 76 valence electrons. The van der Waals surface area contributed by atoms with Crippen LogP contribution in [0.5, 0.6) is 0 Å². The first-order valence-electron chi connectivity index (χ1n) is 5.12. The minimum absolute atomic E-state index is 0.0827. The molecular weight excluding hydrogens is 176 g/mol. The van der Waals surface area contributed by atoms with Crippen molar-refractivity contribution in [1.29, 1.82) is 0 Å². The Hall–Kier alpha value is -0.860. The first kappa shape index (κ1) is 9.69. The van der Waals surface area contributed by atoms with Crippen LogP contribution >= 0.6 is 0 Å². The number of benzene rings is 1. The zero-order valence-electron chi connectivity index (χ0n) is 8.44. The van der Waals surface area contributed by atoms with Crippen molar-refractivity contribution < 1.29 is 9.84 Å². The lowest BCUT2D eigenvalue weighted by molar-refractivity contribution is -0.0447. The molecule has 1 fully saturated rings. The number of hydrogen-bond donors (Lipinski definition) is 1. The zero-order chi connectivity index (χ0) is 9.97. The maximum Gasteiger partial charge on any atom is 0.0849 e. The Morgan fingerprint density at radius 2 is 2.00 bits per heavy atom. The summed E-state index contributed by atoms with van der Waals surface area (Å²) >= 11 is 0. The summed E-state index contributed by atoms with van der Waals surface area (Å²) in [5, 5.41) is 9.52. The average molecular weight is 192 g/mol. The second kappa shape index (κ2) is 4.11. The van der Waals surface area contributed by atoms with Gasteiger partial charge in [-0.05, 0) is 18.9 Å². The topological polar surface area (TPSA) is 29.5 Å². The normalized spacial score (nSPS) is 27.6. The van der Waals surface area contributed by atoms with Crippen molar-refractivity contribution in [2.75, 3.05) is 6.61 Å². The van der Waals surface area contributed by atoms with Crippen LogP contribution in [0.3, 0.4) is 0 Å². The smallest absolute Gasteiger partial charge is 0.0849 e. The molecule has 2 rings (SSSR count). The third-order valence-electron chi connectivity index (χ3n) is 2.71. The lowest BCUT2D eigenvalue weighted by Gasteiger charge is -2.26. The van der Waals surface area contributed by atoms with Gasteiger partial charge >= 0.3 is 0 Å². The van der Waals surface area contributed by atoms with Crippen LogP contribution in [-0.4, -0.2) is 17.8 Å². The Kier molecular flexibility index (Phi) is 2.85. The summed E-state index contributed by atoms with van der Waals surface area (Å²) in [5.41, 5.74) is 2.43. The van der Waals surface area contributed by atoms with Crippen LogP contribution in [0.1, 0.15) is 30.1 Å². The van der Waals surface area contributed by atoms with E-state index in [1.165, 1.54) is 11.1 Å². The Morgan fingerprint density at radius 3 is 2.64 bits per heavy atom. The largest absolute Gasteiger partial charge is 0.393 e. The molecule has 0 radical (unpaired) electrons. The molecule has 1 heterocycles. The van der Waals surface area contributed by atoms with Crippen molar-refractivity contribution >= 4 is 0 Å². The molecule has 0 spiro atoms. The molecule has 1 aromatic rings. The van der Waals surface area contributed by atoms with Crippen LogP contribution in [0, 0.1) is 6.92 Å². The van der Waals surface area contributed by atoms with Crippen molar-refractivity contribution in [3.63, 3.8) is 0 Å². The van der Waals surface area contributed by atoms with E-state index in [4.69, 9.17) is 4.74 Å². The van der Waals surface area contributed by atoms with Gasteiger partial charge in [0.1, 0.15) is 0 Å². The molecule has 2 atom stereocenters. The lowest BCUT2D eigenvalue weighted by atomic mass is 9.99. The second-order valence-electron chi connectivity index (χ2n) is 3.95. The molecule has 0 saturated carbocycles. The van der Waals surface area contributed by atoms with Crippen molar-refractivity contribution in [2.45, 2.75) is 32.0 Å². The van der Waals surface area contributed by atoms with Crippen LogP contribution in [0.25, 0.3) is 0 Å². The van der Waals surface area contributed by atoms with Gasteiger partial charge in [-0.25, -0.2) is 0 Å². The van der Waals surface area contributed by atoms with E-state index < -0.39 is 0 Å². The maximum absolute atomic E-state index is 9.52. The molecular formula is C12H16O2. The Morgan fingerprint density at radius 1 is 1.29 bits per heavy atom. The Labute approximate surface area is 84.5 Å². The third-order valence-corrected chi connectivity index (χ3v) is 2.71. The highest BCUT2D eigenvalue weighted by molar-refractivity contribution is 5.23. The van der Waals surface area contributed by atoms with Crippen LogP contribution in [-0.2, 0) is 4.74 Å². The van der Waals surface area contributed by atoms with Crippen molar-refractivity contribution in [3.8, 4) is 0 Å². The predicted molar refractivity (Wildman–Crippen MR) is 55.1 cm³/mol. The van der Waals surface area contributed by atoms with Crippen LogP contribution < -0.4 is 0 Å². The molecule has 1 saturated heterocycles. The molecule has 0 bridgehead atoms. The third kappa shape index (κ3) is 2.14. The number of aliphatic hydroxyl groups excluding tert-OH is 1. The molecule has 0 amide bonds. The molecule has 0 aliphatic carbocycles. The quantitative estimate of drug-likeness (QED) is 0.739. The summed E-state index contributed by atoms with van der Waals surface area (Å²) in [6.07, 6.45) is 1.38. The Balaban J connectivity index is 2.10. The number of hydrogen-bond acceptors (Lipinski definition) is 2. The van der Waals surface area contributed by atoms with Gasteiger partial charge in [-0.1, -0.05) is 29.8 Å². The van der Waals surface area contributed by atoms with Crippen molar-refractivity contribution in [3.05, 3.63) is 35.4 Å². The minimum atomic E-state index is -0.199. The molecule has 2 unspecified atom stereocenters. The molecule has 1 aliphatic rings. The molecule has 14 heavy (non-hydrogen) atoms. The highest BCUT2D eigenvalue weighted by Gasteiger charge is 2.21. The van der Waals surface area contributed by atoms with Crippen LogP contribution in [0.2, 0.25) is 0 Å². The molecule has 1 aromatic carbocycles. The van der Waals surface area contributed by atoms with E-state index in [9.17, 15) is 5.11 Å². The molecule has 2 nitrogen and oxygen atoms in total. The number of rotatable bonds is 1. The van der Waals surface area contributed by atoms with E-state index in [0.29, 0.717) is 6.61 Å². The predicted octanol–water partition coefficient (Wildman–Crippen LogP) is 2.21. The lowest BCUT2D eigenvalue weighted by Crippen LogP contribution is -2.23. The first-order chi connectivity index (χ1) is 6.75. The van der Waals surface area contributed by atoms with Crippen molar-refractivity contribution in [1.82, 2.24) is 0 Å². The summed E-state index contributed by atoms with van der Waals surface area (Å²) < 4.78 is 5.61. The van der Waals surface area contributed by atoms with E-state index >= 15 is 0 Å². The average Bonchev–Trinajstić information content (AvgIpc) is 2.19. The van der Waals surface area contributed by atoms with E-state index in [1.807, 2.05) is 0 Å². The monoisotopic (exact) mass is 192 g/mol. The maximum atomic E-state index is 9.52. The first-order valence-corrected chi connectivity index (χ1v) is 5.12. The van der Waals surface area contributed by atoms with Gasteiger partial charge in [0.2, 0.25) is 0 Å². The van der Waals surface area contributed by atoms with Gasteiger partial charge in [-0.3, -0.25) is 0 Å². The van der Waals surface area contributed by atoms with Gasteiger partial charge in [0.25, 0.3) is 0 Å². The van der Waals surface area contributed by atoms with Gasteiger partial charge in [-0.2, -0.15) is 0 Å². The summed E-state index contributed by atoms with van der Waals surface area (Å²) in [5.74, 6) is 0. The Bertz CT molecular complexity index is 292. The molecule has 1 N–H and O–H groups in total. The fourth-order valence-electron chi connectivity index (χ4n) is 1.79. The van der Waals surface area contributed by atoms with Crippen molar-refractivity contribution in [2.24, 2.45) is 0 Å². The highest BCUT2D eigenvalue weighted by Crippen LogP contribution is 2.27. The van der Waals surface area contributed by atoms with Gasteiger partial charge in [0.05, 0.1) is 12.2 Å². The zero-order valence-corrected chi connectivity index (χ0v) is 8.44. The second-order valence-corrected chi connectivity index (χ2v) is 3.95. The number of ether oxygens (including phenoxy) is 1. The molecule has 2 heteroatoms. The van der Waals surface area contributed by atoms with E-state index in [1.54, 1.807) is 0 Å². The SMILES string of the molecule is Cc1ccc(C2CC(O)CCO2)cc1. The fourth-order valence-corrected chi connectivity index (χ4v) is 1.79. The highest BCUT2D eigenvalue weighted by atomic mass is 16.5. The van der Waals surface area contributed by atoms with E-state index in [0.717, 1.165) is 12.8 Å². The van der Waals surface area contributed by atoms with Gasteiger partial charge in [0, 0.05) is 13.0 Å². The van der Waals surface area contributed by atoms with Gasteiger partial charge < -0.3 is 9.84 Å². The van der Waals surface area contributed by atoms with Crippen LogP contribution in [0.15, 0.2) is 24.3 Å². The fraction of sp³-hybridized carbons (Fsp3) is 0.500.